The lowest BCUT2D eigenvalue weighted by molar-refractivity contribution is -0.119. The molecule has 1 amide bonds. The zero-order chi connectivity index (χ0) is 26.0. The van der Waals surface area contributed by atoms with Crippen LogP contribution in [0.5, 0.6) is 0 Å². The Morgan fingerprint density at radius 1 is 1.22 bits per heavy atom. The standard InChI is InChI=1S/C30H41N5O/c1-6-22-13-14-25(16-24(19(22)4)10-7-18(2)3)26-17-33-35-29(32)20(5)28(34-30(26)35)23-11-8-21(9-12-23)15-27(31)36/h7,10,14,16-18,21,23H,6,8-9,11-13,15,32H2,1-5H3,(H2,31,36). The Morgan fingerprint density at radius 3 is 2.58 bits per heavy atom. The molecule has 0 radical (unpaired) electrons. The van der Waals surface area contributed by atoms with Crippen LogP contribution in [0.3, 0.4) is 0 Å². The van der Waals surface area contributed by atoms with Gasteiger partial charge in [-0.3, -0.25) is 4.79 Å². The highest BCUT2D eigenvalue weighted by atomic mass is 16.1. The number of nitrogen functional groups attached to an aromatic ring is 1. The minimum absolute atomic E-state index is 0.203. The Balaban J connectivity index is 1.73. The van der Waals surface area contributed by atoms with Crippen LogP contribution in [0, 0.1) is 18.8 Å². The lowest BCUT2D eigenvalue weighted by atomic mass is 9.78. The van der Waals surface area contributed by atoms with Crippen LogP contribution in [0.1, 0.15) is 95.4 Å². The number of hydrogen-bond donors (Lipinski definition) is 2. The third-order valence-electron chi connectivity index (χ3n) is 7.93. The topological polar surface area (TPSA) is 99.3 Å². The molecule has 2 aromatic rings. The number of anilines is 1. The van der Waals surface area contributed by atoms with Gasteiger partial charge in [-0.15, -0.1) is 0 Å². The fourth-order valence-corrected chi connectivity index (χ4v) is 5.63. The van der Waals surface area contributed by atoms with Crippen molar-refractivity contribution in [1.29, 1.82) is 0 Å². The molecule has 0 aliphatic heterocycles. The average molecular weight is 488 g/mol. The van der Waals surface area contributed by atoms with Crippen molar-refractivity contribution in [2.24, 2.45) is 17.6 Å². The number of nitrogens with zero attached hydrogens (tertiary/aromatic N) is 3. The molecule has 4 rings (SSSR count). The molecule has 0 unspecified atom stereocenters. The second kappa shape index (κ2) is 10.9. The minimum Gasteiger partial charge on any atom is -0.383 e. The van der Waals surface area contributed by atoms with Crippen molar-refractivity contribution in [2.75, 3.05) is 5.73 Å². The van der Waals surface area contributed by atoms with Crippen LogP contribution in [-0.2, 0) is 4.79 Å². The van der Waals surface area contributed by atoms with Crippen molar-refractivity contribution in [2.45, 2.75) is 85.5 Å². The highest BCUT2D eigenvalue weighted by Gasteiger charge is 2.27. The Bertz CT molecular complexity index is 1270. The molecule has 6 nitrogen and oxygen atoms in total. The molecule has 1 saturated carbocycles. The van der Waals surface area contributed by atoms with E-state index in [2.05, 4.69) is 57.1 Å². The monoisotopic (exact) mass is 487 g/mol. The Kier molecular flexibility index (Phi) is 7.82. The molecule has 0 aromatic carbocycles. The molecule has 6 heteroatoms. The van der Waals surface area contributed by atoms with E-state index in [0.717, 1.165) is 66.6 Å². The van der Waals surface area contributed by atoms with E-state index in [1.165, 1.54) is 16.7 Å². The number of allylic oxidation sites excluding steroid dienone is 8. The summed E-state index contributed by atoms with van der Waals surface area (Å²) in [5.41, 5.74) is 21.2. The van der Waals surface area contributed by atoms with Gasteiger partial charge in [0.1, 0.15) is 5.82 Å². The van der Waals surface area contributed by atoms with Crippen molar-refractivity contribution >= 4 is 22.9 Å². The SMILES string of the molecule is CCC1=C(C)C(C=CC(C)C)=CC(c2cnn3c(N)c(C)c(C4CCC(CC(N)=O)CC4)nc23)=CC1. The van der Waals surface area contributed by atoms with Gasteiger partial charge in [-0.1, -0.05) is 44.6 Å². The highest BCUT2D eigenvalue weighted by Crippen LogP contribution is 2.39. The number of nitrogens with two attached hydrogens (primary N) is 2. The van der Waals surface area contributed by atoms with E-state index >= 15 is 0 Å². The summed E-state index contributed by atoms with van der Waals surface area (Å²) in [5, 5.41) is 4.65. The maximum absolute atomic E-state index is 11.4. The smallest absolute Gasteiger partial charge is 0.217 e. The maximum Gasteiger partial charge on any atom is 0.217 e. The summed E-state index contributed by atoms with van der Waals surface area (Å²) in [6, 6.07) is 0. The van der Waals surface area contributed by atoms with E-state index in [4.69, 9.17) is 16.5 Å². The lowest BCUT2D eigenvalue weighted by Crippen LogP contribution is -2.21. The van der Waals surface area contributed by atoms with E-state index in [1.54, 1.807) is 4.52 Å². The van der Waals surface area contributed by atoms with Gasteiger partial charge in [-0.2, -0.15) is 9.61 Å². The number of rotatable bonds is 7. The molecule has 2 aliphatic rings. The van der Waals surface area contributed by atoms with E-state index < -0.39 is 0 Å². The number of aromatic nitrogens is 3. The minimum atomic E-state index is -0.203. The number of carbonyl (C=O) groups excluding carboxylic acids is 1. The zero-order valence-corrected chi connectivity index (χ0v) is 22.5. The number of carbonyl (C=O) groups is 1. The fraction of sp³-hybridized carbons (Fsp3) is 0.500. The zero-order valence-electron chi connectivity index (χ0n) is 22.5. The highest BCUT2D eigenvalue weighted by molar-refractivity contribution is 5.85. The normalized spacial score (nSPS) is 21.3. The first-order valence-electron chi connectivity index (χ1n) is 13.4. The van der Waals surface area contributed by atoms with Gasteiger partial charge < -0.3 is 11.5 Å². The van der Waals surface area contributed by atoms with Crippen LogP contribution >= 0.6 is 0 Å². The van der Waals surface area contributed by atoms with Crippen molar-refractivity contribution in [1.82, 2.24) is 14.6 Å². The van der Waals surface area contributed by atoms with Crippen LogP contribution in [0.4, 0.5) is 5.82 Å². The summed E-state index contributed by atoms with van der Waals surface area (Å²) in [4.78, 5) is 16.6. The first-order valence-corrected chi connectivity index (χ1v) is 13.4. The van der Waals surface area contributed by atoms with Crippen LogP contribution in [0.15, 0.2) is 47.2 Å². The summed E-state index contributed by atoms with van der Waals surface area (Å²) in [5.74, 6) is 1.66. The molecular weight excluding hydrogens is 446 g/mol. The molecule has 36 heavy (non-hydrogen) atoms. The summed E-state index contributed by atoms with van der Waals surface area (Å²) >= 11 is 0. The number of amides is 1. The molecule has 4 N–H and O–H groups in total. The molecule has 0 spiro atoms. The van der Waals surface area contributed by atoms with Gasteiger partial charge in [0, 0.05) is 23.5 Å². The van der Waals surface area contributed by atoms with Crippen molar-refractivity contribution < 1.29 is 4.79 Å². The van der Waals surface area contributed by atoms with E-state index in [0.29, 0.717) is 30.0 Å². The Labute approximate surface area is 215 Å². The molecule has 0 saturated heterocycles. The first-order chi connectivity index (χ1) is 17.2. The predicted octanol–water partition coefficient (Wildman–Crippen LogP) is 6.42. The Morgan fingerprint density at radius 2 is 1.94 bits per heavy atom. The molecular formula is C30H41N5O. The number of fused-ring (bicyclic) bond motifs is 1. The molecule has 2 aliphatic carbocycles. The van der Waals surface area contributed by atoms with Crippen molar-refractivity contribution in [3.63, 3.8) is 0 Å². The third-order valence-corrected chi connectivity index (χ3v) is 7.93. The maximum atomic E-state index is 11.4. The van der Waals surface area contributed by atoms with Crippen molar-refractivity contribution in [3.05, 3.63) is 64.0 Å². The average Bonchev–Trinajstić information content (AvgIpc) is 3.19. The molecule has 1 fully saturated rings. The van der Waals surface area contributed by atoms with Gasteiger partial charge >= 0.3 is 0 Å². The quantitative estimate of drug-likeness (QED) is 0.470. The van der Waals surface area contributed by atoms with Gasteiger partial charge in [0.05, 0.1) is 11.9 Å². The van der Waals surface area contributed by atoms with E-state index in [1.807, 2.05) is 13.1 Å². The fourth-order valence-electron chi connectivity index (χ4n) is 5.63. The van der Waals surface area contributed by atoms with Gasteiger partial charge in [-0.25, -0.2) is 4.98 Å². The van der Waals surface area contributed by atoms with E-state index in [-0.39, 0.29) is 5.91 Å². The second-order valence-corrected chi connectivity index (χ2v) is 10.8. The molecule has 2 aromatic heterocycles. The summed E-state index contributed by atoms with van der Waals surface area (Å²) in [7, 11) is 0. The molecule has 0 bridgehead atoms. The van der Waals surface area contributed by atoms with Crippen molar-refractivity contribution in [3.8, 4) is 0 Å². The Hall–Kier alpha value is -3.15. The summed E-state index contributed by atoms with van der Waals surface area (Å²) in [6.45, 7) is 10.9. The number of hydrogen-bond acceptors (Lipinski definition) is 4. The first kappa shape index (κ1) is 25.9. The van der Waals surface area contributed by atoms with Crippen LogP contribution in [0.2, 0.25) is 0 Å². The molecule has 2 heterocycles. The van der Waals surface area contributed by atoms with Gasteiger partial charge in [0.15, 0.2) is 5.65 Å². The lowest BCUT2D eigenvalue weighted by Gasteiger charge is -2.28. The van der Waals surface area contributed by atoms with Crippen LogP contribution < -0.4 is 11.5 Å². The van der Waals surface area contributed by atoms with Crippen LogP contribution in [-0.4, -0.2) is 20.5 Å². The third kappa shape index (κ3) is 5.32. The molecule has 192 valence electrons. The van der Waals surface area contributed by atoms with Gasteiger partial charge in [-0.05, 0) is 87.0 Å². The molecule has 0 atom stereocenters. The predicted molar refractivity (Wildman–Crippen MR) is 148 cm³/mol. The summed E-state index contributed by atoms with van der Waals surface area (Å²) < 4.78 is 1.79. The summed E-state index contributed by atoms with van der Waals surface area (Å²) in [6.07, 6.45) is 17.4. The largest absolute Gasteiger partial charge is 0.383 e. The van der Waals surface area contributed by atoms with E-state index in [9.17, 15) is 4.79 Å². The second-order valence-electron chi connectivity index (χ2n) is 10.8. The van der Waals surface area contributed by atoms with Crippen LogP contribution in [0.25, 0.3) is 11.2 Å². The number of primary amides is 1. The van der Waals surface area contributed by atoms with Gasteiger partial charge in [0.2, 0.25) is 5.91 Å². The van der Waals surface area contributed by atoms with Gasteiger partial charge in [0.25, 0.3) is 0 Å².